The monoisotopic (exact) mass is 313 g/mol. The Bertz CT molecular complexity index is 717. The Hall–Kier alpha value is -2.40. The number of nitrogens with zero attached hydrogens (tertiary/aromatic N) is 2. The van der Waals surface area contributed by atoms with Crippen molar-refractivity contribution >= 4 is 11.6 Å². The minimum atomic E-state index is -0.791. The van der Waals surface area contributed by atoms with Gasteiger partial charge in [-0.3, -0.25) is 4.99 Å². The van der Waals surface area contributed by atoms with Crippen LogP contribution in [0.15, 0.2) is 53.5 Å². The molecule has 1 atom stereocenters. The fourth-order valence-electron chi connectivity index (χ4n) is 2.87. The van der Waals surface area contributed by atoms with Crippen LogP contribution in [0.3, 0.4) is 0 Å². The molecule has 0 fully saturated rings. The van der Waals surface area contributed by atoms with Gasteiger partial charge in [-0.1, -0.05) is 30.3 Å². The lowest BCUT2D eigenvalue weighted by Gasteiger charge is -2.23. The Labute approximate surface area is 135 Å². The van der Waals surface area contributed by atoms with Crippen molar-refractivity contribution < 1.29 is 9.50 Å². The molecule has 2 aromatic rings. The first-order chi connectivity index (χ1) is 11.2. The standard InChI is InChI=1S/C18H20FN3O/c1-20-18(22-10-9-13-5-2-3-8-16(13)22)21-12-17(23)14-6-4-7-15(19)11-14/h2-8,11,17,23H,9-10,12H2,1H3,(H,20,21). The van der Waals surface area contributed by atoms with Crippen molar-refractivity contribution in [3.8, 4) is 0 Å². The molecule has 0 saturated carbocycles. The molecule has 120 valence electrons. The number of rotatable bonds is 3. The second-order valence-electron chi connectivity index (χ2n) is 5.53. The molecule has 1 heterocycles. The van der Waals surface area contributed by atoms with Gasteiger partial charge in [-0.25, -0.2) is 4.39 Å². The van der Waals surface area contributed by atoms with Crippen molar-refractivity contribution in [1.82, 2.24) is 5.32 Å². The van der Waals surface area contributed by atoms with Gasteiger partial charge in [-0.05, 0) is 35.7 Å². The average Bonchev–Trinajstić information content (AvgIpc) is 2.99. The molecule has 0 spiro atoms. The number of aliphatic hydroxyl groups excluding tert-OH is 1. The molecule has 0 amide bonds. The summed E-state index contributed by atoms with van der Waals surface area (Å²) in [6.45, 7) is 1.13. The third-order valence-electron chi connectivity index (χ3n) is 4.04. The van der Waals surface area contributed by atoms with E-state index >= 15 is 0 Å². The lowest BCUT2D eigenvalue weighted by Crippen LogP contribution is -2.42. The molecule has 0 aliphatic carbocycles. The first-order valence-electron chi connectivity index (χ1n) is 7.68. The van der Waals surface area contributed by atoms with Crippen LogP contribution in [-0.4, -0.2) is 31.2 Å². The molecule has 0 radical (unpaired) electrons. The normalized spacial score (nSPS) is 15.4. The van der Waals surface area contributed by atoms with Crippen LogP contribution < -0.4 is 10.2 Å². The third-order valence-corrected chi connectivity index (χ3v) is 4.04. The van der Waals surface area contributed by atoms with Crippen LogP contribution in [0.5, 0.6) is 0 Å². The largest absolute Gasteiger partial charge is 0.387 e. The molecule has 0 bridgehead atoms. The summed E-state index contributed by atoms with van der Waals surface area (Å²) in [5.41, 5.74) is 2.98. The first-order valence-corrected chi connectivity index (χ1v) is 7.68. The van der Waals surface area contributed by atoms with Gasteiger partial charge in [-0.2, -0.15) is 0 Å². The van der Waals surface area contributed by atoms with Gasteiger partial charge in [0.1, 0.15) is 5.82 Å². The van der Waals surface area contributed by atoms with Crippen LogP contribution in [0, 0.1) is 5.82 Å². The molecule has 1 unspecified atom stereocenters. The first kappa shape index (κ1) is 15.5. The molecule has 0 saturated heterocycles. The number of fused-ring (bicyclic) bond motifs is 1. The molecule has 1 aliphatic heterocycles. The Morgan fingerprint density at radius 3 is 2.91 bits per heavy atom. The van der Waals surface area contributed by atoms with E-state index in [0.717, 1.165) is 18.7 Å². The van der Waals surface area contributed by atoms with Crippen LogP contribution in [0.1, 0.15) is 17.2 Å². The maximum atomic E-state index is 13.2. The van der Waals surface area contributed by atoms with Gasteiger partial charge in [0.25, 0.3) is 0 Å². The van der Waals surface area contributed by atoms with Crippen LogP contribution in [0.2, 0.25) is 0 Å². The predicted molar refractivity (Wildman–Crippen MR) is 90.2 cm³/mol. The Kier molecular flexibility index (Phi) is 4.57. The highest BCUT2D eigenvalue weighted by Gasteiger charge is 2.22. The van der Waals surface area contributed by atoms with Gasteiger partial charge in [0.05, 0.1) is 6.10 Å². The number of hydrogen-bond acceptors (Lipinski definition) is 2. The molecule has 0 aromatic heterocycles. The van der Waals surface area contributed by atoms with E-state index in [4.69, 9.17) is 0 Å². The highest BCUT2D eigenvalue weighted by Crippen LogP contribution is 2.27. The van der Waals surface area contributed by atoms with Crippen molar-refractivity contribution in [1.29, 1.82) is 0 Å². The van der Waals surface area contributed by atoms with E-state index in [1.165, 1.54) is 17.7 Å². The Morgan fingerprint density at radius 1 is 1.30 bits per heavy atom. The number of anilines is 1. The summed E-state index contributed by atoms with van der Waals surface area (Å²) in [5.74, 6) is 0.366. The van der Waals surface area contributed by atoms with E-state index < -0.39 is 6.10 Å². The van der Waals surface area contributed by atoms with Gasteiger partial charge in [-0.15, -0.1) is 0 Å². The summed E-state index contributed by atoms with van der Waals surface area (Å²) in [7, 11) is 1.72. The summed E-state index contributed by atoms with van der Waals surface area (Å²) in [5, 5.41) is 13.4. The SMILES string of the molecule is CN=C(NCC(O)c1cccc(F)c1)N1CCc2ccccc21. The molecule has 5 heteroatoms. The third kappa shape index (κ3) is 3.35. The zero-order chi connectivity index (χ0) is 16.2. The van der Waals surface area contributed by atoms with Crippen molar-refractivity contribution in [2.24, 2.45) is 4.99 Å². The van der Waals surface area contributed by atoms with Crippen molar-refractivity contribution in [3.05, 3.63) is 65.5 Å². The molecule has 3 rings (SSSR count). The number of halogens is 1. The maximum Gasteiger partial charge on any atom is 0.198 e. The number of guanidine groups is 1. The minimum absolute atomic E-state index is 0.273. The Morgan fingerprint density at radius 2 is 2.13 bits per heavy atom. The van der Waals surface area contributed by atoms with Gasteiger partial charge in [0.2, 0.25) is 0 Å². The van der Waals surface area contributed by atoms with E-state index in [2.05, 4.69) is 27.3 Å². The van der Waals surface area contributed by atoms with Gasteiger partial charge in [0, 0.05) is 25.8 Å². The summed E-state index contributed by atoms with van der Waals surface area (Å²) < 4.78 is 13.2. The number of para-hydroxylation sites is 1. The van der Waals surface area contributed by atoms with E-state index in [-0.39, 0.29) is 12.4 Å². The highest BCUT2D eigenvalue weighted by atomic mass is 19.1. The van der Waals surface area contributed by atoms with E-state index in [1.54, 1.807) is 19.2 Å². The zero-order valence-corrected chi connectivity index (χ0v) is 13.0. The molecular formula is C18H20FN3O. The quantitative estimate of drug-likeness (QED) is 0.676. The molecule has 1 aliphatic rings. The summed E-state index contributed by atoms with van der Waals surface area (Å²) in [4.78, 5) is 6.40. The lowest BCUT2D eigenvalue weighted by atomic mass is 10.1. The van der Waals surface area contributed by atoms with Crippen LogP contribution in [0.25, 0.3) is 0 Å². The van der Waals surface area contributed by atoms with Crippen LogP contribution >= 0.6 is 0 Å². The maximum absolute atomic E-state index is 13.2. The van der Waals surface area contributed by atoms with Crippen molar-refractivity contribution in [2.45, 2.75) is 12.5 Å². The molecule has 23 heavy (non-hydrogen) atoms. The fourth-order valence-corrected chi connectivity index (χ4v) is 2.87. The predicted octanol–water partition coefficient (Wildman–Crippen LogP) is 2.50. The van der Waals surface area contributed by atoms with Crippen molar-refractivity contribution in [3.63, 3.8) is 0 Å². The lowest BCUT2D eigenvalue weighted by molar-refractivity contribution is 0.180. The van der Waals surface area contributed by atoms with Gasteiger partial charge < -0.3 is 15.3 Å². The second kappa shape index (κ2) is 6.79. The zero-order valence-electron chi connectivity index (χ0n) is 13.0. The number of nitrogens with one attached hydrogen (secondary N) is 1. The van der Waals surface area contributed by atoms with Crippen LogP contribution in [0.4, 0.5) is 10.1 Å². The number of hydrogen-bond donors (Lipinski definition) is 2. The van der Waals surface area contributed by atoms with Crippen molar-refractivity contribution in [2.75, 3.05) is 25.0 Å². The number of benzene rings is 2. The second-order valence-corrected chi connectivity index (χ2v) is 5.53. The van der Waals surface area contributed by atoms with E-state index in [9.17, 15) is 9.50 Å². The average molecular weight is 313 g/mol. The van der Waals surface area contributed by atoms with E-state index in [0.29, 0.717) is 11.5 Å². The molecular weight excluding hydrogens is 293 g/mol. The number of aliphatic imine (C=N–C) groups is 1. The molecule has 2 aromatic carbocycles. The molecule has 4 nitrogen and oxygen atoms in total. The summed E-state index contributed by atoms with van der Waals surface area (Å²) in [6, 6.07) is 14.2. The van der Waals surface area contributed by atoms with E-state index in [1.807, 2.05) is 12.1 Å². The fraction of sp³-hybridized carbons (Fsp3) is 0.278. The number of aliphatic hydroxyl groups is 1. The Balaban J connectivity index is 1.67. The minimum Gasteiger partial charge on any atom is -0.387 e. The smallest absolute Gasteiger partial charge is 0.198 e. The van der Waals surface area contributed by atoms with Gasteiger partial charge in [0.15, 0.2) is 5.96 Å². The summed E-state index contributed by atoms with van der Waals surface area (Å²) >= 11 is 0. The molecule has 2 N–H and O–H groups in total. The van der Waals surface area contributed by atoms with Gasteiger partial charge >= 0.3 is 0 Å². The van der Waals surface area contributed by atoms with Crippen LogP contribution in [-0.2, 0) is 6.42 Å². The summed E-state index contributed by atoms with van der Waals surface area (Å²) in [6.07, 6.45) is 0.184. The highest BCUT2D eigenvalue weighted by molar-refractivity contribution is 5.97. The topological polar surface area (TPSA) is 47.9 Å².